The molecule has 0 radical (unpaired) electrons. The highest BCUT2D eigenvalue weighted by Crippen LogP contribution is 2.21. The van der Waals surface area contributed by atoms with Crippen molar-refractivity contribution in [3.05, 3.63) is 70.3 Å². The van der Waals surface area contributed by atoms with Crippen LogP contribution in [-0.2, 0) is 14.3 Å². The number of benzene rings is 2. The normalized spacial score (nSPS) is 13.1. The Balaban J connectivity index is 1.93. The molecule has 3 rings (SSSR count). The predicted molar refractivity (Wildman–Crippen MR) is 90.2 cm³/mol. The average Bonchev–Trinajstić information content (AvgIpc) is 2.55. The Bertz CT molecular complexity index is 1040. The number of aromatic nitrogens is 2. The SMILES string of the molecule is Cc1ccc(S(=O)(=O)OC(C)c2nc3ccccc3c(=O)[nH]2)cc1. The van der Waals surface area contributed by atoms with Crippen molar-refractivity contribution in [3.8, 4) is 0 Å². The number of nitrogens with zero attached hydrogens (tertiary/aromatic N) is 1. The molecule has 0 aliphatic rings. The molecule has 0 saturated heterocycles. The fourth-order valence-electron chi connectivity index (χ4n) is 2.29. The molecule has 1 heterocycles. The molecule has 0 aliphatic heterocycles. The van der Waals surface area contributed by atoms with Gasteiger partial charge in [-0.3, -0.25) is 8.98 Å². The minimum atomic E-state index is -3.95. The summed E-state index contributed by atoms with van der Waals surface area (Å²) >= 11 is 0. The van der Waals surface area contributed by atoms with Crippen LogP contribution in [-0.4, -0.2) is 18.4 Å². The third-order valence-electron chi connectivity index (χ3n) is 3.60. The lowest BCUT2D eigenvalue weighted by Crippen LogP contribution is -2.17. The van der Waals surface area contributed by atoms with Crippen LogP contribution in [0, 0.1) is 6.92 Å². The van der Waals surface area contributed by atoms with Gasteiger partial charge in [0.1, 0.15) is 11.9 Å². The molecule has 24 heavy (non-hydrogen) atoms. The van der Waals surface area contributed by atoms with E-state index in [0.29, 0.717) is 10.9 Å². The number of nitrogens with one attached hydrogen (secondary N) is 1. The van der Waals surface area contributed by atoms with Gasteiger partial charge in [-0.05, 0) is 38.1 Å². The molecule has 7 heteroatoms. The van der Waals surface area contributed by atoms with Crippen molar-refractivity contribution >= 4 is 21.0 Å². The fraction of sp³-hybridized carbons (Fsp3) is 0.176. The van der Waals surface area contributed by atoms with E-state index in [9.17, 15) is 13.2 Å². The molecular weight excluding hydrogens is 328 g/mol. The molecule has 6 nitrogen and oxygen atoms in total. The Morgan fingerprint density at radius 2 is 1.75 bits per heavy atom. The fourth-order valence-corrected chi connectivity index (χ4v) is 3.34. The van der Waals surface area contributed by atoms with Crippen molar-refractivity contribution in [2.75, 3.05) is 0 Å². The Labute approximate surface area is 139 Å². The first-order valence-corrected chi connectivity index (χ1v) is 8.76. The summed E-state index contributed by atoms with van der Waals surface area (Å²) < 4.78 is 29.9. The van der Waals surface area contributed by atoms with Crippen LogP contribution < -0.4 is 5.56 Å². The zero-order valence-electron chi connectivity index (χ0n) is 13.2. The van der Waals surface area contributed by atoms with E-state index in [0.717, 1.165) is 5.56 Å². The molecule has 0 spiro atoms. The molecule has 0 saturated carbocycles. The summed E-state index contributed by atoms with van der Waals surface area (Å²) in [4.78, 5) is 19.0. The van der Waals surface area contributed by atoms with E-state index >= 15 is 0 Å². The summed E-state index contributed by atoms with van der Waals surface area (Å²) in [5, 5.41) is 0.440. The van der Waals surface area contributed by atoms with Crippen molar-refractivity contribution in [2.24, 2.45) is 0 Å². The third kappa shape index (κ3) is 3.22. The van der Waals surface area contributed by atoms with E-state index in [1.165, 1.54) is 19.1 Å². The minimum Gasteiger partial charge on any atom is -0.308 e. The summed E-state index contributed by atoms with van der Waals surface area (Å²) in [6.07, 6.45) is -0.923. The van der Waals surface area contributed by atoms with Crippen LogP contribution in [0.25, 0.3) is 10.9 Å². The highest BCUT2D eigenvalue weighted by Gasteiger charge is 2.22. The summed E-state index contributed by atoms with van der Waals surface area (Å²) in [6, 6.07) is 13.2. The standard InChI is InChI=1S/C17H16N2O4S/c1-11-7-9-13(10-8-11)24(21,22)23-12(2)16-18-15-6-4-3-5-14(15)17(20)19-16/h3-10,12H,1-2H3,(H,18,19,20). The lowest BCUT2D eigenvalue weighted by atomic mass is 10.2. The Morgan fingerprint density at radius 1 is 1.08 bits per heavy atom. The molecular formula is C17H16N2O4S. The number of aromatic amines is 1. The van der Waals surface area contributed by atoms with Gasteiger partial charge in [0.2, 0.25) is 0 Å². The lowest BCUT2D eigenvalue weighted by Gasteiger charge is -2.13. The van der Waals surface area contributed by atoms with E-state index in [1.807, 2.05) is 6.92 Å². The van der Waals surface area contributed by atoms with Gasteiger partial charge in [0, 0.05) is 0 Å². The molecule has 0 amide bonds. The average molecular weight is 344 g/mol. The predicted octanol–water partition coefficient (Wildman–Crippen LogP) is 2.70. The summed E-state index contributed by atoms with van der Waals surface area (Å²) in [6.45, 7) is 3.39. The summed E-state index contributed by atoms with van der Waals surface area (Å²) in [5.74, 6) is 0.161. The Hall–Kier alpha value is -2.51. The van der Waals surface area contributed by atoms with Gasteiger partial charge in [-0.1, -0.05) is 29.8 Å². The zero-order chi connectivity index (χ0) is 17.3. The molecule has 1 N–H and O–H groups in total. The van der Waals surface area contributed by atoms with Gasteiger partial charge < -0.3 is 4.98 Å². The number of hydrogen-bond acceptors (Lipinski definition) is 5. The molecule has 3 aromatic rings. The number of aryl methyl sites for hydroxylation is 1. The molecule has 124 valence electrons. The van der Waals surface area contributed by atoms with Crippen LogP contribution in [0.4, 0.5) is 0 Å². The smallest absolute Gasteiger partial charge is 0.297 e. The van der Waals surface area contributed by atoms with Crippen molar-refractivity contribution in [1.29, 1.82) is 0 Å². The molecule has 1 atom stereocenters. The van der Waals surface area contributed by atoms with E-state index in [1.54, 1.807) is 36.4 Å². The molecule has 1 aromatic heterocycles. The molecule has 1 unspecified atom stereocenters. The van der Waals surface area contributed by atoms with Crippen molar-refractivity contribution in [3.63, 3.8) is 0 Å². The minimum absolute atomic E-state index is 0.0584. The van der Waals surface area contributed by atoms with Gasteiger partial charge in [-0.15, -0.1) is 0 Å². The van der Waals surface area contributed by atoms with Gasteiger partial charge in [0.05, 0.1) is 15.8 Å². The first kappa shape index (κ1) is 16.4. The van der Waals surface area contributed by atoms with Gasteiger partial charge in [-0.25, -0.2) is 4.98 Å². The summed E-state index contributed by atoms with van der Waals surface area (Å²) in [5.41, 5.74) is 1.10. The number of para-hydroxylation sites is 1. The third-order valence-corrected chi connectivity index (χ3v) is 4.99. The number of H-pyrrole nitrogens is 1. The van der Waals surface area contributed by atoms with Crippen molar-refractivity contribution in [2.45, 2.75) is 24.8 Å². The maximum absolute atomic E-state index is 12.3. The molecule has 0 aliphatic carbocycles. The summed E-state index contributed by atoms with van der Waals surface area (Å²) in [7, 11) is -3.95. The second kappa shape index (κ2) is 6.18. The Morgan fingerprint density at radius 3 is 2.46 bits per heavy atom. The van der Waals surface area contributed by atoms with Gasteiger partial charge >= 0.3 is 0 Å². The van der Waals surface area contributed by atoms with Crippen molar-refractivity contribution in [1.82, 2.24) is 9.97 Å². The van der Waals surface area contributed by atoms with Gasteiger partial charge in [-0.2, -0.15) is 8.42 Å². The largest absolute Gasteiger partial charge is 0.308 e. The topological polar surface area (TPSA) is 89.1 Å². The highest BCUT2D eigenvalue weighted by molar-refractivity contribution is 7.86. The van der Waals surface area contributed by atoms with Crippen LogP contribution in [0.5, 0.6) is 0 Å². The first-order valence-electron chi connectivity index (χ1n) is 7.36. The first-order chi connectivity index (χ1) is 11.4. The molecule has 0 bridgehead atoms. The second-order valence-electron chi connectivity index (χ2n) is 5.47. The second-order valence-corrected chi connectivity index (χ2v) is 7.05. The van der Waals surface area contributed by atoms with Crippen LogP contribution >= 0.6 is 0 Å². The van der Waals surface area contributed by atoms with Crippen LogP contribution in [0.15, 0.2) is 58.2 Å². The highest BCUT2D eigenvalue weighted by atomic mass is 32.2. The monoisotopic (exact) mass is 344 g/mol. The van der Waals surface area contributed by atoms with Crippen LogP contribution in [0.2, 0.25) is 0 Å². The lowest BCUT2D eigenvalue weighted by molar-refractivity contribution is 0.224. The van der Waals surface area contributed by atoms with E-state index < -0.39 is 16.2 Å². The number of rotatable bonds is 4. The number of fused-ring (bicyclic) bond motifs is 1. The van der Waals surface area contributed by atoms with Gasteiger partial charge in [0.15, 0.2) is 0 Å². The van der Waals surface area contributed by atoms with Gasteiger partial charge in [0.25, 0.3) is 15.7 Å². The number of hydrogen-bond donors (Lipinski definition) is 1. The van der Waals surface area contributed by atoms with Crippen LogP contribution in [0.3, 0.4) is 0 Å². The van der Waals surface area contributed by atoms with Crippen molar-refractivity contribution < 1.29 is 12.6 Å². The van der Waals surface area contributed by atoms with E-state index in [2.05, 4.69) is 9.97 Å². The maximum atomic E-state index is 12.3. The van der Waals surface area contributed by atoms with E-state index in [-0.39, 0.29) is 16.3 Å². The molecule has 2 aromatic carbocycles. The quantitative estimate of drug-likeness (QED) is 0.735. The maximum Gasteiger partial charge on any atom is 0.297 e. The molecule has 0 fully saturated rings. The van der Waals surface area contributed by atoms with Crippen LogP contribution in [0.1, 0.15) is 24.4 Å². The zero-order valence-corrected chi connectivity index (χ0v) is 14.0. The van der Waals surface area contributed by atoms with E-state index in [4.69, 9.17) is 4.18 Å². The Kier molecular flexibility index (Phi) is 4.21.